The maximum atomic E-state index is 11.8. The second-order valence-corrected chi connectivity index (χ2v) is 4.61. The first-order valence-corrected chi connectivity index (χ1v) is 6.54. The molecule has 1 unspecified atom stereocenters. The SMILES string of the molecule is O=C(CNCC1CCCCO1)N1CCOCC1. The van der Waals surface area contributed by atoms with Gasteiger partial charge in [0.1, 0.15) is 0 Å². The summed E-state index contributed by atoms with van der Waals surface area (Å²) in [6.45, 7) is 4.84. The van der Waals surface area contributed by atoms with Crippen molar-refractivity contribution >= 4 is 5.91 Å². The second kappa shape index (κ2) is 6.93. The number of hydrogen-bond donors (Lipinski definition) is 1. The molecule has 0 aliphatic carbocycles. The molecule has 17 heavy (non-hydrogen) atoms. The van der Waals surface area contributed by atoms with Crippen LogP contribution in [0.5, 0.6) is 0 Å². The monoisotopic (exact) mass is 242 g/mol. The van der Waals surface area contributed by atoms with E-state index in [1.807, 2.05) is 4.90 Å². The van der Waals surface area contributed by atoms with E-state index in [1.165, 1.54) is 12.8 Å². The summed E-state index contributed by atoms with van der Waals surface area (Å²) in [5.41, 5.74) is 0. The molecule has 0 spiro atoms. The summed E-state index contributed by atoms with van der Waals surface area (Å²) in [5.74, 6) is 0.170. The summed E-state index contributed by atoms with van der Waals surface area (Å²) < 4.78 is 10.8. The van der Waals surface area contributed by atoms with E-state index in [2.05, 4.69) is 5.32 Å². The van der Waals surface area contributed by atoms with Crippen LogP contribution in [-0.2, 0) is 14.3 Å². The minimum atomic E-state index is 0.170. The van der Waals surface area contributed by atoms with Crippen molar-refractivity contribution in [3.05, 3.63) is 0 Å². The van der Waals surface area contributed by atoms with Crippen LogP contribution >= 0.6 is 0 Å². The summed E-state index contributed by atoms with van der Waals surface area (Å²) >= 11 is 0. The summed E-state index contributed by atoms with van der Waals surface area (Å²) in [6.07, 6.45) is 3.81. The van der Waals surface area contributed by atoms with Crippen LogP contribution in [0.2, 0.25) is 0 Å². The van der Waals surface area contributed by atoms with Gasteiger partial charge < -0.3 is 19.7 Å². The minimum absolute atomic E-state index is 0.170. The van der Waals surface area contributed by atoms with Crippen LogP contribution in [-0.4, -0.2) is 62.9 Å². The third kappa shape index (κ3) is 4.26. The van der Waals surface area contributed by atoms with Gasteiger partial charge in [0, 0.05) is 26.2 Å². The molecule has 0 aromatic rings. The van der Waals surface area contributed by atoms with Gasteiger partial charge in [0.15, 0.2) is 0 Å². The summed E-state index contributed by atoms with van der Waals surface area (Å²) in [7, 11) is 0. The van der Waals surface area contributed by atoms with Gasteiger partial charge in [-0.05, 0) is 19.3 Å². The summed E-state index contributed by atoms with van der Waals surface area (Å²) in [6, 6.07) is 0. The average Bonchev–Trinajstić information content (AvgIpc) is 2.41. The van der Waals surface area contributed by atoms with Crippen LogP contribution in [0.1, 0.15) is 19.3 Å². The van der Waals surface area contributed by atoms with Gasteiger partial charge in [0.25, 0.3) is 0 Å². The lowest BCUT2D eigenvalue weighted by Gasteiger charge is -2.27. The van der Waals surface area contributed by atoms with Gasteiger partial charge in [-0.25, -0.2) is 0 Å². The van der Waals surface area contributed by atoms with Crippen molar-refractivity contribution in [2.24, 2.45) is 0 Å². The second-order valence-electron chi connectivity index (χ2n) is 4.61. The smallest absolute Gasteiger partial charge is 0.236 e. The molecule has 0 aromatic carbocycles. The number of carbonyl (C=O) groups is 1. The molecule has 5 heteroatoms. The van der Waals surface area contributed by atoms with Gasteiger partial charge in [-0.3, -0.25) is 4.79 Å². The molecule has 2 aliphatic rings. The number of nitrogens with one attached hydrogen (secondary N) is 1. The maximum absolute atomic E-state index is 11.8. The fourth-order valence-electron chi connectivity index (χ4n) is 2.23. The number of hydrogen-bond acceptors (Lipinski definition) is 4. The van der Waals surface area contributed by atoms with Crippen LogP contribution in [0, 0.1) is 0 Å². The Bertz CT molecular complexity index is 236. The Balaban J connectivity index is 1.58. The Morgan fingerprint density at radius 3 is 2.76 bits per heavy atom. The largest absolute Gasteiger partial charge is 0.378 e. The molecule has 0 aromatic heterocycles. The van der Waals surface area contributed by atoms with E-state index in [9.17, 15) is 4.79 Å². The van der Waals surface area contributed by atoms with Gasteiger partial charge in [0.2, 0.25) is 5.91 Å². The zero-order chi connectivity index (χ0) is 11.9. The van der Waals surface area contributed by atoms with Crippen LogP contribution in [0.4, 0.5) is 0 Å². The van der Waals surface area contributed by atoms with E-state index >= 15 is 0 Å². The molecule has 2 fully saturated rings. The van der Waals surface area contributed by atoms with E-state index in [-0.39, 0.29) is 5.91 Å². The molecule has 0 radical (unpaired) electrons. The highest BCUT2D eigenvalue weighted by atomic mass is 16.5. The molecule has 1 atom stereocenters. The molecule has 2 heterocycles. The van der Waals surface area contributed by atoms with Crippen LogP contribution in [0.3, 0.4) is 0 Å². The molecule has 98 valence electrons. The number of nitrogens with zero attached hydrogens (tertiary/aromatic N) is 1. The maximum Gasteiger partial charge on any atom is 0.236 e. The van der Waals surface area contributed by atoms with Crippen molar-refractivity contribution in [3.63, 3.8) is 0 Å². The topological polar surface area (TPSA) is 50.8 Å². The lowest BCUT2D eigenvalue weighted by Crippen LogP contribution is -2.46. The van der Waals surface area contributed by atoms with Crippen LogP contribution in [0.15, 0.2) is 0 Å². The molecule has 2 aliphatic heterocycles. The predicted molar refractivity (Wildman–Crippen MR) is 63.9 cm³/mol. The van der Waals surface area contributed by atoms with Gasteiger partial charge in [-0.2, -0.15) is 0 Å². The van der Waals surface area contributed by atoms with E-state index in [0.717, 1.165) is 32.7 Å². The van der Waals surface area contributed by atoms with Crippen molar-refractivity contribution in [3.8, 4) is 0 Å². The molecule has 0 saturated carbocycles. The molecule has 2 saturated heterocycles. The Hall–Kier alpha value is -0.650. The van der Waals surface area contributed by atoms with Crippen molar-refractivity contribution in [2.45, 2.75) is 25.4 Å². The Morgan fingerprint density at radius 1 is 1.24 bits per heavy atom. The number of amides is 1. The predicted octanol–water partition coefficient (Wildman–Crippen LogP) is 0.00390. The number of ether oxygens (including phenoxy) is 2. The van der Waals surface area contributed by atoms with Crippen molar-refractivity contribution in [1.82, 2.24) is 10.2 Å². The Morgan fingerprint density at radius 2 is 2.06 bits per heavy atom. The lowest BCUT2D eigenvalue weighted by atomic mass is 10.1. The Kier molecular flexibility index (Phi) is 5.22. The third-order valence-electron chi connectivity index (χ3n) is 3.29. The molecule has 5 nitrogen and oxygen atoms in total. The summed E-state index contributed by atoms with van der Waals surface area (Å²) in [5, 5.41) is 3.20. The van der Waals surface area contributed by atoms with Gasteiger partial charge in [-0.1, -0.05) is 0 Å². The number of carbonyl (C=O) groups excluding carboxylic acids is 1. The Labute approximate surface area is 102 Å². The van der Waals surface area contributed by atoms with Gasteiger partial charge in [-0.15, -0.1) is 0 Å². The molecule has 0 bridgehead atoms. The number of morpholine rings is 1. The standard InChI is InChI=1S/C12H22N2O3/c15-12(14-4-7-16-8-5-14)10-13-9-11-3-1-2-6-17-11/h11,13H,1-10H2. The van der Waals surface area contributed by atoms with E-state index in [4.69, 9.17) is 9.47 Å². The van der Waals surface area contributed by atoms with E-state index in [0.29, 0.717) is 25.9 Å². The van der Waals surface area contributed by atoms with Gasteiger partial charge >= 0.3 is 0 Å². The van der Waals surface area contributed by atoms with E-state index < -0.39 is 0 Å². The van der Waals surface area contributed by atoms with E-state index in [1.54, 1.807) is 0 Å². The lowest BCUT2D eigenvalue weighted by molar-refractivity contribution is -0.134. The average molecular weight is 242 g/mol. The van der Waals surface area contributed by atoms with Crippen molar-refractivity contribution in [2.75, 3.05) is 46.0 Å². The number of rotatable bonds is 4. The summed E-state index contributed by atoms with van der Waals surface area (Å²) in [4.78, 5) is 13.7. The zero-order valence-electron chi connectivity index (χ0n) is 10.3. The first-order valence-electron chi connectivity index (χ1n) is 6.54. The molecular weight excluding hydrogens is 220 g/mol. The zero-order valence-corrected chi connectivity index (χ0v) is 10.3. The van der Waals surface area contributed by atoms with Gasteiger partial charge in [0.05, 0.1) is 25.9 Å². The quantitative estimate of drug-likeness (QED) is 0.754. The third-order valence-corrected chi connectivity index (χ3v) is 3.29. The first-order chi connectivity index (χ1) is 8.36. The fraction of sp³-hybridized carbons (Fsp3) is 0.917. The van der Waals surface area contributed by atoms with Crippen molar-refractivity contribution < 1.29 is 14.3 Å². The van der Waals surface area contributed by atoms with Crippen LogP contribution < -0.4 is 5.32 Å². The molecular formula is C12H22N2O3. The first kappa shape index (κ1) is 12.8. The van der Waals surface area contributed by atoms with Crippen molar-refractivity contribution in [1.29, 1.82) is 0 Å². The fourth-order valence-corrected chi connectivity index (χ4v) is 2.23. The van der Waals surface area contributed by atoms with Crippen LogP contribution in [0.25, 0.3) is 0 Å². The molecule has 2 rings (SSSR count). The minimum Gasteiger partial charge on any atom is -0.378 e. The highest BCUT2D eigenvalue weighted by Gasteiger charge is 2.17. The normalized spacial score (nSPS) is 25.9. The molecule has 1 amide bonds. The highest BCUT2D eigenvalue weighted by Crippen LogP contribution is 2.11. The highest BCUT2D eigenvalue weighted by molar-refractivity contribution is 5.78. The molecule has 1 N–H and O–H groups in total.